The van der Waals surface area contributed by atoms with Crippen molar-refractivity contribution < 1.29 is 4.79 Å². The Balaban J connectivity index is 2.26. The molecule has 0 saturated heterocycles. The molecule has 2 rings (SSSR count). The van der Waals surface area contributed by atoms with Gasteiger partial charge in [-0.2, -0.15) is 5.26 Å². The second kappa shape index (κ2) is 4.92. The molecular weight excluding hydrogens is 226 g/mol. The third-order valence-electron chi connectivity index (χ3n) is 3.00. The van der Waals surface area contributed by atoms with Gasteiger partial charge < -0.3 is 9.47 Å². The number of carbonyl (C=O) groups excluding carboxylic acids is 1. The Morgan fingerprint density at radius 2 is 2.17 bits per heavy atom. The molecule has 92 valence electrons. The van der Waals surface area contributed by atoms with Gasteiger partial charge in [-0.05, 0) is 18.2 Å². The molecule has 0 atom stereocenters. The van der Waals surface area contributed by atoms with Crippen molar-refractivity contribution in [2.75, 3.05) is 14.1 Å². The Hall–Kier alpha value is -2.28. The zero-order valence-electron chi connectivity index (χ0n) is 10.6. The number of amides is 1. The van der Waals surface area contributed by atoms with E-state index in [1.54, 1.807) is 25.1 Å². The molecule has 0 radical (unpaired) electrons. The zero-order chi connectivity index (χ0) is 13.1. The fourth-order valence-electron chi connectivity index (χ4n) is 1.96. The van der Waals surface area contributed by atoms with Gasteiger partial charge >= 0.3 is 0 Å². The van der Waals surface area contributed by atoms with Crippen LogP contribution in [0.3, 0.4) is 0 Å². The molecule has 0 saturated carbocycles. The van der Waals surface area contributed by atoms with Crippen molar-refractivity contribution in [3.05, 3.63) is 36.0 Å². The second-order valence-corrected chi connectivity index (χ2v) is 4.40. The van der Waals surface area contributed by atoms with Gasteiger partial charge in [0.1, 0.15) is 0 Å². The number of nitrogens with zero attached hydrogens (tertiary/aromatic N) is 3. The molecule has 0 unspecified atom stereocenters. The average Bonchev–Trinajstić information content (AvgIpc) is 2.78. The van der Waals surface area contributed by atoms with E-state index in [1.165, 1.54) is 0 Å². The van der Waals surface area contributed by atoms with Crippen LogP contribution in [0.5, 0.6) is 0 Å². The molecule has 0 aliphatic rings. The summed E-state index contributed by atoms with van der Waals surface area (Å²) in [5.74, 6) is 0.105. The molecule has 0 aliphatic carbocycles. The summed E-state index contributed by atoms with van der Waals surface area (Å²) >= 11 is 0. The lowest BCUT2D eigenvalue weighted by Gasteiger charge is -2.11. The molecule has 1 heterocycles. The van der Waals surface area contributed by atoms with Gasteiger partial charge in [-0.3, -0.25) is 4.79 Å². The average molecular weight is 241 g/mol. The highest BCUT2D eigenvalue weighted by atomic mass is 16.2. The van der Waals surface area contributed by atoms with Crippen LogP contribution in [-0.4, -0.2) is 29.5 Å². The number of aryl methyl sites for hydroxylation is 1. The maximum atomic E-state index is 11.6. The van der Waals surface area contributed by atoms with Gasteiger partial charge in [-0.1, -0.05) is 6.07 Å². The summed E-state index contributed by atoms with van der Waals surface area (Å²) in [5, 5.41) is 9.96. The molecule has 0 N–H and O–H groups in total. The first-order chi connectivity index (χ1) is 8.63. The van der Waals surface area contributed by atoms with Crippen molar-refractivity contribution in [1.29, 1.82) is 5.26 Å². The highest BCUT2D eigenvalue weighted by molar-refractivity contribution is 5.86. The van der Waals surface area contributed by atoms with Crippen molar-refractivity contribution in [2.24, 2.45) is 0 Å². The number of nitriles is 1. The van der Waals surface area contributed by atoms with Gasteiger partial charge in [-0.25, -0.2) is 0 Å². The maximum absolute atomic E-state index is 11.6. The summed E-state index contributed by atoms with van der Waals surface area (Å²) in [5.41, 5.74) is 1.67. The fourth-order valence-corrected chi connectivity index (χ4v) is 1.96. The molecule has 1 amide bonds. The summed E-state index contributed by atoms with van der Waals surface area (Å²) in [6.07, 6.45) is 2.39. The highest BCUT2D eigenvalue weighted by Gasteiger charge is 2.07. The predicted octanol–water partition coefficient (Wildman–Crippen LogP) is 1.99. The third kappa shape index (κ3) is 2.21. The smallest absolute Gasteiger partial charge is 0.223 e. The van der Waals surface area contributed by atoms with E-state index in [1.807, 2.05) is 29.0 Å². The number of benzene rings is 1. The Labute approximate surface area is 106 Å². The van der Waals surface area contributed by atoms with E-state index in [-0.39, 0.29) is 5.91 Å². The quantitative estimate of drug-likeness (QED) is 0.825. The lowest BCUT2D eigenvalue weighted by molar-refractivity contribution is -0.128. The second-order valence-electron chi connectivity index (χ2n) is 4.40. The van der Waals surface area contributed by atoms with Crippen molar-refractivity contribution >= 4 is 16.8 Å². The summed E-state index contributed by atoms with van der Waals surface area (Å²) in [7, 11) is 3.51. The maximum Gasteiger partial charge on any atom is 0.223 e. The van der Waals surface area contributed by atoms with E-state index >= 15 is 0 Å². The van der Waals surface area contributed by atoms with Gasteiger partial charge in [0, 0.05) is 44.2 Å². The number of carbonyl (C=O) groups is 1. The molecule has 4 nitrogen and oxygen atoms in total. The van der Waals surface area contributed by atoms with Crippen molar-refractivity contribution in [3.63, 3.8) is 0 Å². The van der Waals surface area contributed by atoms with Crippen molar-refractivity contribution in [3.8, 4) is 6.07 Å². The van der Waals surface area contributed by atoms with E-state index in [9.17, 15) is 4.79 Å². The van der Waals surface area contributed by atoms with Crippen LogP contribution >= 0.6 is 0 Å². The molecule has 1 aromatic heterocycles. The van der Waals surface area contributed by atoms with E-state index in [0.717, 1.165) is 10.9 Å². The van der Waals surface area contributed by atoms with Crippen LogP contribution in [0.2, 0.25) is 0 Å². The first kappa shape index (κ1) is 12.2. The molecule has 0 fully saturated rings. The SMILES string of the molecule is CN(C)C(=O)CCn1ccc2c(C#N)cccc21. The normalized spacial score (nSPS) is 10.3. The summed E-state index contributed by atoms with van der Waals surface area (Å²) in [6.45, 7) is 0.634. The number of aromatic nitrogens is 1. The fraction of sp³-hybridized carbons (Fsp3) is 0.286. The molecule has 1 aromatic carbocycles. The molecule has 18 heavy (non-hydrogen) atoms. The summed E-state index contributed by atoms with van der Waals surface area (Å²) < 4.78 is 2.01. The third-order valence-corrected chi connectivity index (χ3v) is 3.00. The van der Waals surface area contributed by atoms with Crippen molar-refractivity contribution in [1.82, 2.24) is 9.47 Å². The monoisotopic (exact) mass is 241 g/mol. The number of hydrogen-bond donors (Lipinski definition) is 0. The van der Waals surface area contributed by atoms with E-state index in [4.69, 9.17) is 5.26 Å². The van der Waals surface area contributed by atoms with Crippen LogP contribution < -0.4 is 0 Å². The topological polar surface area (TPSA) is 49.0 Å². The minimum absolute atomic E-state index is 0.105. The van der Waals surface area contributed by atoms with Crippen LogP contribution in [0.25, 0.3) is 10.9 Å². The molecule has 2 aromatic rings. The minimum Gasteiger partial charge on any atom is -0.349 e. The van der Waals surface area contributed by atoms with Gasteiger partial charge in [0.2, 0.25) is 5.91 Å². The number of hydrogen-bond acceptors (Lipinski definition) is 2. The Bertz CT molecular complexity index is 619. The molecule has 0 spiro atoms. The van der Waals surface area contributed by atoms with Gasteiger partial charge in [0.25, 0.3) is 0 Å². The zero-order valence-corrected chi connectivity index (χ0v) is 10.6. The molecule has 0 bridgehead atoms. The molecule has 0 aliphatic heterocycles. The van der Waals surface area contributed by atoms with E-state index in [0.29, 0.717) is 18.5 Å². The van der Waals surface area contributed by atoms with Crippen LogP contribution in [0.1, 0.15) is 12.0 Å². The largest absolute Gasteiger partial charge is 0.349 e. The predicted molar refractivity (Wildman–Crippen MR) is 70.0 cm³/mol. The Kier molecular flexibility index (Phi) is 3.33. The first-order valence-electron chi connectivity index (χ1n) is 5.81. The minimum atomic E-state index is 0.105. The standard InChI is InChI=1S/C14H15N3O/c1-16(2)14(18)7-9-17-8-6-12-11(10-15)4-3-5-13(12)17/h3-6,8H,7,9H2,1-2H3. The Morgan fingerprint density at radius 3 is 2.83 bits per heavy atom. The van der Waals surface area contributed by atoms with Crippen LogP contribution in [-0.2, 0) is 11.3 Å². The molecular formula is C14H15N3O. The first-order valence-corrected chi connectivity index (χ1v) is 5.81. The lowest BCUT2D eigenvalue weighted by Crippen LogP contribution is -2.22. The van der Waals surface area contributed by atoms with Gasteiger partial charge in [0.15, 0.2) is 0 Å². The van der Waals surface area contributed by atoms with Gasteiger partial charge in [-0.15, -0.1) is 0 Å². The van der Waals surface area contributed by atoms with Crippen LogP contribution in [0.4, 0.5) is 0 Å². The molecule has 4 heteroatoms. The number of rotatable bonds is 3. The summed E-state index contributed by atoms with van der Waals surface area (Å²) in [4.78, 5) is 13.1. The lowest BCUT2D eigenvalue weighted by atomic mass is 10.1. The van der Waals surface area contributed by atoms with Crippen molar-refractivity contribution in [2.45, 2.75) is 13.0 Å². The number of fused-ring (bicyclic) bond motifs is 1. The van der Waals surface area contributed by atoms with Crippen LogP contribution in [0.15, 0.2) is 30.5 Å². The highest BCUT2D eigenvalue weighted by Crippen LogP contribution is 2.19. The van der Waals surface area contributed by atoms with E-state index < -0.39 is 0 Å². The van der Waals surface area contributed by atoms with Gasteiger partial charge in [0.05, 0.1) is 11.6 Å². The van der Waals surface area contributed by atoms with Crippen LogP contribution in [0, 0.1) is 11.3 Å². The van der Waals surface area contributed by atoms with E-state index in [2.05, 4.69) is 6.07 Å². The Morgan fingerprint density at radius 1 is 1.39 bits per heavy atom. The summed E-state index contributed by atoms with van der Waals surface area (Å²) in [6, 6.07) is 9.74.